The number of hydrogen-bond acceptors (Lipinski definition) is 5. The van der Waals surface area contributed by atoms with Gasteiger partial charge in [0, 0.05) is 31.6 Å². The lowest BCUT2D eigenvalue weighted by molar-refractivity contribution is -0.127. The lowest BCUT2D eigenvalue weighted by Crippen LogP contribution is -2.43. The number of amides is 1. The van der Waals surface area contributed by atoms with Crippen molar-refractivity contribution in [2.45, 2.75) is 77.4 Å². The summed E-state index contributed by atoms with van der Waals surface area (Å²) in [5.41, 5.74) is 6.30. The smallest absolute Gasteiger partial charge is 0.223 e. The Labute approximate surface area is 171 Å². The molecule has 1 aliphatic carbocycles. The van der Waals surface area contributed by atoms with E-state index in [2.05, 4.69) is 24.1 Å². The highest BCUT2D eigenvalue weighted by Gasteiger charge is 2.29. The normalized spacial score (nSPS) is 22.8. The quantitative estimate of drug-likeness (QED) is 0.465. The molecule has 0 spiro atoms. The lowest BCUT2D eigenvalue weighted by atomic mass is 9.81. The van der Waals surface area contributed by atoms with Gasteiger partial charge in [-0.3, -0.25) is 9.69 Å². The Hall–Kier alpha value is -0.690. The zero-order valence-electron chi connectivity index (χ0n) is 18.1. The van der Waals surface area contributed by atoms with Gasteiger partial charge in [-0.05, 0) is 37.6 Å². The number of ether oxygens (including phenoxy) is 1. The third-order valence-electron chi connectivity index (χ3n) is 6.52. The highest BCUT2D eigenvalue weighted by Crippen LogP contribution is 2.28. The van der Waals surface area contributed by atoms with Crippen LogP contribution < -0.4 is 11.1 Å². The molecule has 1 saturated heterocycles. The van der Waals surface area contributed by atoms with Gasteiger partial charge in [-0.1, -0.05) is 46.0 Å². The summed E-state index contributed by atoms with van der Waals surface area (Å²) in [6.45, 7) is 9.35. The number of nitrogens with one attached hydrogen (secondary N) is 1. The molecule has 6 nitrogen and oxygen atoms in total. The molecule has 2 fully saturated rings. The molecule has 3 atom stereocenters. The number of aliphatic hydroxyl groups is 1. The molecule has 1 saturated carbocycles. The van der Waals surface area contributed by atoms with Gasteiger partial charge in [0.05, 0.1) is 19.3 Å². The van der Waals surface area contributed by atoms with Gasteiger partial charge in [0.1, 0.15) is 0 Å². The first kappa shape index (κ1) is 23.6. The van der Waals surface area contributed by atoms with Crippen molar-refractivity contribution in [2.24, 2.45) is 23.5 Å². The standard InChI is InChI=1S/C22H43N3O3/c1-17(2)19(16-21(26)20(23)15-18-7-4-3-5-8-18)22(27)24-9-6-10-25-11-13-28-14-12-25/h17-21,26H,3-16,23H2,1-2H3,(H,24,27)/t19-,20-,21?/m0/s1. The van der Waals surface area contributed by atoms with Crippen LogP contribution >= 0.6 is 0 Å². The molecular weight excluding hydrogens is 354 g/mol. The van der Waals surface area contributed by atoms with E-state index < -0.39 is 6.10 Å². The second-order valence-corrected chi connectivity index (χ2v) is 9.16. The van der Waals surface area contributed by atoms with E-state index in [1.54, 1.807) is 0 Å². The average molecular weight is 398 g/mol. The van der Waals surface area contributed by atoms with Crippen molar-refractivity contribution in [1.82, 2.24) is 10.2 Å². The molecule has 2 aliphatic rings. The van der Waals surface area contributed by atoms with Gasteiger partial charge in [-0.2, -0.15) is 0 Å². The lowest BCUT2D eigenvalue weighted by Gasteiger charge is -2.30. The van der Waals surface area contributed by atoms with Crippen LogP contribution in [0.1, 0.15) is 65.2 Å². The van der Waals surface area contributed by atoms with E-state index in [4.69, 9.17) is 10.5 Å². The van der Waals surface area contributed by atoms with E-state index >= 15 is 0 Å². The fourth-order valence-electron chi connectivity index (χ4n) is 4.55. The summed E-state index contributed by atoms with van der Waals surface area (Å²) in [6, 6.07) is -0.224. The Morgan fingerprint density at radius 2 is 1.89 bits per heavy atom. The zero-order chi connectivity index (χ0) is 20.4. The summed E-state index contributed by atoms with van der Waals surface area (Å²) in [7, 11) is 0. The maximum absolute atomic E-state index is 12.7. The molecule has 0 aromatic heterocycles. The fourth-order valence-corrected chi connectivity index (χ4v) is 4.55. The molecule has 0 aromatic rings. The average Bonchev–Trinajstić information content (AvgIpc) is 2.70. The molecular formula is C22H43N3O3. The molecule has 0 radical (unpaired) electrons. The number of rotatable bonds is 11. The second kappa shape index (κ2) is 12.8. The first-order valence-electron chi connectivity index (χ1n) is 11.5. The van der Waals surface area contributed by atoms with Gasteiger partial charge in [0.15, 0.2) is 0 Å². The van der Waals surface area contributed by atoms with E-state index in [0.29, 0.717) is 18.9 Å². The van der Waals surface area contributed by atoms with E-state index in [1.165, 1.54) is 32.1 Å². The van der Waals surface area contributed by atoms with Crippen LogP contribution in [0, 0.1) is 17.8 Å². The summed E-state index contributed by atoms with van der Waals surface area (Å²) in [5, 5.41) is 13.7. The van der Waals surface area contributed by atoms with Gasteiger partial charge in [0.2, 0.25) is 5.91 Å². The number of nitrogens with two attached hydrogens (primary N) is 1. The molecule has 1 aliphatic heterocycles. The summed E-state index contributed by atoms with van der Waals surface area (Å²) < 4.78 is 5.36. The molecule has 2 rings (SSSR count). The molecule has 1 unspecified atom stereocenters. The predicted octanol–water partition coefficient (Wildman–Crippen LogP) is 2.15. The summed E-state index contributed by atoms with van der Waals surface area (Å²) in [5.74, 6) is 0.706. The Morgan fingerprint density at radius 3 is 2.54 bits per heavy atom. The van der Waals surface area contributed by atoms with Crippen LogP contribution in [0.5, 0.6) is 0 Å². The molecule has 28 heavy (non-hydrogen) atoms. The summed E-state index contributed by atoms with van der Waals surface area (Å²) >= 11 is 0. The van der Waals surface area contributed by atoms with Gasteiger partial charge in [0.25, 0.3) is 0 Å². The Morgan fingerprint density at radius 1 is 1.21 bits per heavy atom. The minimum Gasteiger partial charge on any atom is -0.391 e. The number of hydrogen-bond donors (Lipinski definition) is 3. The highest BCUT2D eigenvalue weighted by atomic mass is 16.5. The van der Waals surface area contributed by atoms with Crippen LogP contribution in [0.3, 0.4) is 0 Å². The number of morpholine rings is 1. The summed E-state index contributed by atoms with van der Waals surface area (Å²) in [4.78, 5) is 15.1. The van der Waals surface area contributed by atoms with Gasteiger partial charge >= 0.3 is 0 Å². The van der Waals surface area contributed by atoms with Crippen molar-refractivity contribution in [3.63, 3.8) is 0 Å². The van der Waals surface area contributed by atoms with Crippen LogP contribution in [-0.4, -0.2) is 67.5 Å². The molecule has 0 bridgehead atoms. The number of aliphatic hydroxyl groups excluding tert-OH is 1. The molecule has 1 amide bonds. The van der Waals surface area contributed by atoms with Crippen LogP contribution in [0.4, 0.5) is 0 Å². The maximum Gasteiger partial charge on any atom is 0.223 e. The monoisotopic (exact) mass is 397 g/mol. The molecule has 6 heteroatoms. The third-order valence-corrected chi connectivity index (χ3v) is 6.52. The Balaban J connectivity index is 1.69. The predicted molar refractivity (Wildman–Crippen MR) is 113 cm³/mol. The van der Waals surface area contributed by atoms with Crippen LogP contribution in [0.2, 0.25) is 0 Å². The minimum atomic E-state index is -0.603. The minimum absolute atomic E-state index is 0.0564. The van der Waals surface area contributed by atoms with Crippen LogP contribution in [0.25, 0.3) is 0 Å². The van der Waals surface area contributed by atoms with E-state index in [0.717, 1.165) is 45.7 Å². The van der Waals surface area contributed by atoms with E-state index in [1.807, 2.05) is 0 Å². The van der Waals surface area contributed by atoms with E-state index in [9.17, 15) is 9.90 Å². The van der Waals surface area contributed by atoms with Crippen molar-refractivity contribution in [3.05, 3.63) is 0 Å². The largest absolute Gasteiger partial charge is 0.391 e. The van der Waals surface area contributed by atoms with Crippen molar-refractivity contribution in [1.29, 1.82) is 0 Å². The van der Waals surface area contributed by atoms with Crippen molar-refractivity contribution >= 4 is 5.91 Å². The van der Waals surface area contributed by atoms with Crippen molar-refractivity contribution in [2.75, 3.05) is 39.4 Å². The third kappa shape index (κ3) is 8.36. The van der Waals surface area contributed by atoms with Crippen LogP contribution in [-0.2, 0) is 9.53 Å². The number of nitrogens with zero attached hydrogens (tertiary/aromatic N) is 1. The van der Waals surface area contributed by atoms with Gasteiger partial charge in [-0.15, -0.1) is 0 Å². The van der Waals surface area contributed by atoms with Crippen LogP contribution in [0.15, 0.2) is 0 Å². The van der Waals surface area contributed by atoms with Gasteiger partial charge in [-0.25, -0.2) is 0 Å². The molecule has 164 valence electrons. The van der Waals surface area contributed by atoms with Gasteiger partial charge < -0.3 is 20.9 Å². The number of carbonyl (C=O) groups excluding carboxylic acids is 1. The Bertz CT molecular complexity index is 435. The number of carbonyl (C=O) groups is 1. The first-order chi connectivity index (χ1) is 13.5. The van der Waals surface area contributed by atoms with E-state index in [-0.39, 0.29) is 23.8 Å². The second-order valence-electron chi connectivity index (χ2n) is 9.16. The molecule has 4 N–H and O–H groups in total. The molecule has 0 aromatic carbocycles. The topological polar surface area (TPSA) is 87.8 Å². The fraction of sp³-hybridized carbons (Fsp3) is 0.955. The molecule has 1 heterocycles. The van der Waals surface area contributed by atoms with Crippen molar-refractivity contribution < 1.29 is 14.6 Å². The maximum atomic E-state index is 12.7. The highest BCUT2D eigenvalue weighted by molar-refractivity contribution is 5.78. The summed E-state index contributed by atoms with van der Waals surface area (Å²) in [6.07, 6.45) is 8.05. The van der Waals surface area contributed by atoms with Crippen molar-refractivity contribution in [3.8, 4) is 0 Å². The Kier molecular flexibility index (Phi) is 10.8. The SMILES string of the molecule is CC(C)[C@H](CC(O)[C@@H](N)CC1CCCCC1)C(=O)NCCCN1CCOCC1. The zero-order valence-corrected chi connectivity index (χ0v) is 18.1. The first-order valence-corrected chi connectivity index (χ1v) is 11.5.